The summed E-state index contributed by atoms with van der Waals surface area (Å²) < 4.78 is 18.0. The molecule has 0 amide bonds. The van der Waals surface area contributed by atoms with E-state index < -0.39 is 33.4 Å². The van der Waals surface area contributed by atoms with Crippen LogP contribution in [0.4, 0.5) is 0 Å². The van der Waals surface area contributed by atoms with Crippen LogP contribution in [0.2, 0.25) is 0 Å². The first kappa shape index (κ1) is 26.5. The number of ether oxygens (including phenoxy) is 2. The quantitative estimate of drug-likeness (QED) is 0.333. The highest BCUT2D eigenvalue weighted by atomic mass is 32.3. The third-order valence-electron chi connectivity index (χ3n) is 4.94. The molecular weight excluding hydrogens is 460 g/mol. The van der Waals surface area contributed by atoms with Crippen molar-refractivity contribution in [2.45, 2.75) is 67.4 Å². The lowest BCUT2D eigenvalue weighted by Crippen LogP contribution is -2.27. The predicted molar refractivity (Wildman–Crippen MR) is 139 cm³/mol. The van der Waals surface area contributed by atoms with E-state index in [-0.39, 0.29) is 11.1 Å². The van der Waals surface area contributed by atoms with Gasteiger partial charge in [0.25, 0.3) is 0 Å². The Morgan fingerprint density at radius 1 is 0.600 bits per heavy atom. The Labute approximate surface area is 209 Å². The summed E-state index contributed by atoms with van der Waals surface area (Å²) in [5.41, 5.74) is -0.900. The summed E-state index contributed by atoms with van der Waals surface area (Å²) in [5, 5.41) is 0. The molecule has 0 fully saturated rings. The van der Waals surface area contributed by atoms with Crippen LogP contribution in [0.5, 0.6) is 0 Å². The van der Waals surface area contributed by atoms with Gasteiger partial charge in [-0.3, -0.25) is 0 Å². The van der Waals surface area contributed by atoms with Crippen molar-refractivity contribution in [3.63, 3.8) is 0 Å². The third kappa shape index (κ3) is 5.95. The van der Waals surface area contributed by atoms with Crippen LogP contribution in [-0.2, 0) is 13.7 Å². The predicted octanol–water partition coefficient (Wildman–Crippen LogP) is 7.44. The van der Waals surface area contributed by atoms with E-state index in [0.717, 1.165) is 9.79 Å². The fraction of sp³-hybridized carbons (Fsp3) is 0.310. The normalized spacial score (nSPS) is 12.7. The summed E-state index contributed by atoms with van der Waals surface area (Å²) in [4.78, 5) is 29.2. The van der Waals surface area contributed by atoms with Crippen molar-refractivity contribution in [2.24, 2.45) is 0 Å². The lowest BCUT2D eigenvalue weighted by atomic mass is 10.1. The smallest absolute Gasteiger partial charge is 0.339 e. The van der Waals surface area contributed by atoms with Crippen LogP contribution in [-0.4, -0.2) is 30.3 Å². The Kier molecular flexibility index (Phi) is 7.77. The van der Waals surface area contributed by atoms with Crippen LogP contribution in [0.1, 0.15) is 62.3 Å². The number of rotatable bonds is 6. The number of hydrogen-bond acceptors (Lipinski definition) is 5. The molecule has 5 nitrogen and oxygen atoms in total. The lowest BCUT2D eigenvalue weighted by Gasteiger charge is -2.41. The Morgan fingerprint density at radius 3 is 1.29 bits per heavy atom. The van der Waals surface area contributed by atoms with Crippen LogP contribution < -0.4 is 0 Å². The summed E-state index contributed by atoms with van der Waals surface area (Å²) in [7, 11) is -0.924. The average Bonchev–Trinajstić information content (AvgIpc) is 2.79. The lowest BCUT2D eigenvalue weighted by molar-refractivity contribution is 0.00625. The second kappa shape index (κ2) is 10.3. The Morgan fingerprint density at radius 2 is 0.971 bits per heavy atom. The van der Waals surface area contributed by atoms with E-state index in [1.807, 2.05) is 102 Å². The maximum atomic E-state index is 13.5. The first-order valence-corrected chi connectivity index (χ1v) is 13.0. The zero-order chi connectivity index (χ0) is 25.9. The fourth-order valence-electron chi connectivity index (χ4n) is 3.71. The van der Waals surface area contributed by atoms with E-state index in [4.69, 9.17) is 13.7 Å². The molecule has 0 radical (unpaired) electrons. The summed E-state index contributed by atoms with van der Waals surface area (Å²) in [6.07, 6.45) is 0. The minimum atomic E-state index is -2.53. The number of carbonyl (C=O) groups excluding carboxylic acids is 2. The van der Waals surface area contributed by atoms with Gasteiger partial charge in [-0.15, -0.1) is 0 Å². The Hall–Kier alpha value is -3.09. The van der Waals surface area contributed by atoms with Gasteiger partial charge in [0, 0.05) is 16.9 Å². The second-order valence-corrected chi connectivity index (χ2v) is 12.8. The minimum Gasteiger partial charge on any atom is -0.456 e. The molecule has 0 saturated carbocycles. The molecule has 0 unspecified atom stereocenters. The Bertz CT molecular complexity index is 1090. The van der Waals surface area contributed by atoms with Crippen LogP contribution >= 0.6 is 10.3 Å². The molecule has 0 aliphatic heterocycles. The molecule has 3 rings (SSSR count). The number of hydrogen-bond donors (Lipinski definition) is 0. The van der Waals surface area contributed by atoms with Gasteiger partial charge < -0.3 is 13.7 Å². The molecule has 186 valence electrons. The zero-order valence-corrected chi connectivity index (χ0v) is 22.3. The van der Waals surface area contributed by atoms with Gasteiger partial charge in [0.15, 0.2) is 0 Å². The van der Waals surface area contributed by atoms with Gasteiger partial charge in [-0.25, -0.2) is 9.59 Å². The highest BCUT2D eigenvalue weighted by molar-refractivity contribution is 8.30. The maximum absolute atomic E-state index is 13.5. The molecule has 0 heterocycles. The topological polar surface area (TPSA) is 61.8 Å². The molecule has 0 aliphatic carbocycles. The monoisotopic (exact) mass is 494 g/mol. The second-order valence-electron chi connectivity index (χ2n) is 10.0. The summed E-state index contributed by atoms with van der Waals surface area (Å²) in [6, 6.07) is 24.4. The molecule has 3 aromatic rings. The molecule has 0 spiro atoms. The van der Waals surface area contributed by atoms with Crippen LogP contribution in [0, 0.1) is 0 Å². The van der Waals surface area contributed by atoms with Gasteiger partial charge >= 0.3 is 11.9 Å². The Balaban J connectivity index is 2.44. The largest absolute Gasteiger partial charge is 0.456 e. The number of esters is 2. The molecule has 0 aliphatic rings. The molecule has 3 aromatic carbocycles. The highest BCUT2D eigenvalue weighted by Gasteiger charge is 2.40. The van der Waals surface area contributed by atoms with Crippen LogP contribution in [0.3, 0.4) is 0 Å². The van der Waals surface area contributed by atoms with Crippen LogP contribution in [0.15, 0.2) is 93.5 Å². The summed E-state index contributed by atoms with van der Waals surface area (Å²) >= 11 is 0. The fourth-order valence-corrected chi connectivity index (χ4v) is 7.00. The van der Waals surface area contributed by atoms with Crippen molar-refractivity contribution in [2.75, 3.05) is 7.11 Å². The van der Waals surface area contributed by atoms with Gasteiger partial charge in [0.1, 0.15) is 11.2 Å². The SMILES string of the molecule is COS(c1ccccc1)(c1ccccc1)c1c(C(=O)OC(C)(C)C)cccc1C(=O)OC(C)(C)C. The average molecular weight is 495 g/mol. The van der Waals surface area contributed by atoms with E-state index in [9.17, 15) is 9.59 Å². The van der Waals surface area contributed by atoms with E-state index in [0.29, 0.717) is 4.90 Å². The molecule has 0 saturated heterocycles. The zero-order valence-electron chi connectivity index (χ0n) is 21.5. The van der Waals surface area contributed by atoms with E-state index in [1.165, 1.54) is 0 Å². The molecule has 0 bridgehead atoms. The molecule has 6 heteroatoms. The van der Waals surface area contributed by atoms with Gasteiger partial charge in [0.05, 0.1) is 16.0 Å². The standard InChI is InChI=1S/C29H34O5S/c1-28(2,3)33-26(30)23-19-14-20-24(27(31)34-29(4,5)6)25(23)35(32-7,21-15-10-8-11-16-21)22-17-12-9-13-18-22/h8-20H,1-7H3. The van der Waals surface area contributed by atoms with Gasteiger partial charge in [-0.1, -0.05) is 52.8 Å². The number of benzene rings is 3. The molecule has 35 heavy (non-hydrogen) atoms. The third-order valence-corrected chi connectivity index (χ3v) is 8.33. The number of carbonyl (C=O) groups is 2. The van der Waals surface area contributed by atoms with Crippen molar-refractivity contribution in [3.05, 3.63) is 90.0 Å². The summed E-state index contributed by atoms with van der Waals surface area (Å²) in [6.45, 7) is 10.9. The van der Waals surface area contributed by atoms with Crippen molar-refractivity contribution < 1.29 is 23.2 Å². The summed E-state index contributed by atoms with van der Waals surface area (Å²) in [5.74, 6) is -1.06. The van der Waals surface area contributed by atoms with Gasteiger partial charge in [-0.05, 0) is 77.9 Å². The van der Waals surface area contributed by atoms with Crippen molar-refractivity contribution in [1.82, 2.24) is 0 Å². The first-order valence-electron chi connectivity index (χ1n) is 11.5. The molecule has 0 aromatic heterocycles. The van der Waals surface area contributed by atoms with Crippen molar-refractivity contribution in [1.29, 1.82) is 0 Å². The van der Waals surface area contributed by atoms with Crippen LogP contribution in [0.25, 0.3) is 0 Å². The first-order chi connectivity index (χ1) is 16.4. The van der Waals surface area contributed by atoms with Crippen molar-refractivity contribution >= 4 is 22.2 Å². The van der Waals surface area contributed by atoms with Gasteiger partial charge in [0.2, 0.25) is 0 Å². The molecular formula is C29H34O5S. The van der Waals surface area contributed by atoms with Gasteiger partial charge in [-0.2, -0.15) is 0 Å². The maximum Gasteiger partial charge on any atom is 0.339 e. The van der Waals surface area contributed by atoms with Crippen molar-refractivity contribution in [3.8, 4) is 0 Å². The minimum absolute atomic E-state index is 0.271. The van der Waals surface area contributed by atoms with E-state index in [2.05, 4.69) is 0 Å². The highest BCUT2D eigenvalue weighted by Crippen LogP contribution is 2.70. The molecule has 0 atom stereocenters. The van der Waals surface area contributed by atoms with E-state index >= 15 is 0 Å². The molecule has 0 N–H and O–H groups in total. The van der Waals surface area contributed by atoms with E-state index in [1.54, 1.807) is 25.3 Å².